The Bertz CT molecular complexity index is 925. The van der Waals surface area contributed by atoms with Crippen molar-refractivity contribution in [3.63, 3.8) is 0 Å². The van der Waals surface area contributed by atoms with Crippen LogP contribution < -0.4 is 10.2 Å². The summed E-state index contributed by atoms with van der Waals surface area (Å²) in [5.41, 5.74) is 3.41. The number of anilines is 1. The zero-order valence-electron chi connectivity index (χ0n) is 17.0. The average Bonchev–Trinajstić information content (AvgIpc) is 2.72. The van der Waals surface area contributed by atoms with Gasteiger partial charge in [0.25, 0.3) is 11.8 Å². The van der Waals surface area contributed by atoms with Gasteiger partial charge in [-0.25, -0.2) is 4.79 Å². The highest BCUT2D eigenvalue weighted by atomic mass is 16.5. The van der Waals surface area contributed by atoms with Crippen LogP contribution in [-0.2, 0) is 20.7 Å². The highest BCUT2D eigenvalue weighted by Gasteiger charge is 2.29. The van der Waals surface area contributed by atoms with Gasteiger partial charge in [0.05, 0.1) is 0 Å². The molecule has 1 heterocycles. The van der Waals surface area contributed by atoms with E-state index in [1.165, 1.54) is 0 Å². The Labute approximate surface area is 170 Å². The fourth-order valence-corrected chi connectivity index (χ4v) is 3.43. The van der Waals surface area contributed by atoms with Gasteiger partial charge in [-0.3, -0.25) is 9.59 Å². The second-order valence-electron chi connectivity index (χ2n) is 7.37. The third-order valence-electron chi connectivity index (χ3n) is 5.00. The van der Waals surface area contributed by atoms with Crippen LogP contribution in [0, 0.1) is 6.92 Å². The minimum absolute atomic E-state index is 0.261. The number of nitrogens with zero attached hydrogens (tertiary/aromatic N) is 1. The summed E-state index contributed by atoms with van der Waals surface area (Å²) in [6.45, 7) is 5.59. The molecule has 2 amide bonds. The first-order valence-electron chi connectivity index (χ1n) is 9.84. The largest absolute Gasteiger partial charge is 0.451 e. The Balaban J connectivity index is 1.60. The molecule has 29 heavy (non-hydrogen) atoms. The summed E-state index contributed by atoms with van der Waals surface area (Å²) >= 11 is 0. The lowest BCUT2D eigenvalue weighted by molar-refractivity contribution is -0.155. The number of esters is 1. The Morgan fingerprint density at radius 1 is 1.07 bits per heavy atom. The summed E-state index contributed by atoms with van der Waals surface area (Å²) in [5, 5.41) is 2.62. The van der Waals surface area contributed by atoms with Crippen molar-refractivity contribution in [2.24, 2.45) is 0 Å². The van der Waals surface area contributed by atoms with Crippen molar-refractivity contribution in [2.75, 3.05) is 11.4 Å². The molecular weight excluding hydrogens is 368 g/mol. The second kappa shape index (κ2) is 8.90. The third kappa shape index (κ3) is 4.83. The van der Waals surface area contributed by atoms with Gasteiger partial charge < -0.3 is 15.0 Å². The van der Waals surface area contributed by atoms with Crippen molar-refractivity contribution < 1.29 is 19.1 Å². The molecule has 6 nitrogen and oxygen atoms in total. The first kappa shape index (κ1) is 20.6. The number of aryl methyl sites for hydroxylation is 2. The van der Waals surface area contributed by atoms with E-state index in [0.717, 1.165) is 29.7 Å². The van der Waals surface area contributed by atoms with E-state index in [4.69, 9.17) is 4.74 Å². The summed E-state index contributed by atoms with van der Waals surface area (Å²) in [7, 11) is 0. The number of rotatable bonds is 5. The normalized spacial score (nSPS) is 15.1. The molecule has 0 fully saturated rings. The van der Waals surface area contributed by atoms with Gasteiger partial charge in [0.15, 0.2) is 6.10 Å². The smallest absolute Gasteiger partial charge is 0.329 e. The maximum Gasteiger partial charge on any atom is 0.329 e. The number of amides is 2. The van der Waals surface area contributed by atoms with E-state index in [1.807, 2.05) is 37.3 Å². The second-order valence-corrected chi connectivity index (χ2v) is 7.37. The maximum absolute atomic E-state index is 12.9. The molecule has 1 N–H and O–H groups in total. The van der Waals surface area contributed by atoms with E-state index >= 15 is 0 Å². The van der Waals surface area contributed by atoms with Gasteiger partial charge in [-0.2, -0.15) is 0 Å². The topological polar surface area (TPSA) is 75.7 Å². The zero-order valence-corrected chi connectivity index (χ0v) is 17.0. The van der Waals surface area contributed by atoms with Crippen LogP contribution in [0.15, 0.2) is 48.5 Å². The molecule has 0 saturated carbocycles. The van der Waals surface area contributed by atoms with Gasteiger partial charge >= 0.3 is 5.97 Å². The number of carbonyl (C=O) groups is 3. The third-order valence-corrected chi connectivity index (χ3v) is 5.00. The van der Waals surface area contributed by atoms with Crippen LogP contribution in [0.2, 0.25) is 0 Å². The summed E-state index contributed by atoms with van der Waals surface area (Å²) in [6.07, 6.45) is 0.856. The summed E-state index contributed by atoms with van der Waals surface area (Å²) in [5.74, 6) is -1.26. The minimum Gasteiger partial charge on any atom is -0.451 e. The zero-order chi connectivity index (χ0) is 21.0. The number of benzene rings is 2. The predicted octanol–water partition coefficient (Wildman–Crippen LogP) is 3.02. The monoisotopic (exact) mass is 394 g/mol. The van der Waals surface area contributed by atoms with Crippen molar-refractivity contribution in [2.45, 2.75) is 45.8 Å². The molecule has 1 aliphatic rings. The SMILES string of the molecule is Cc1cccc(C(=O)N[C@@H](C)C(=O)O[C@@H](C)C(=O)N2CCCc3ccccc32)c1. The van der Waals surface area contributed by atoms with Gasteiger partial charge in [0.1, 0.15) is 6.04 Å². The minimum atomic E-state index is -0.938. The number of nitrogens with one attached hydrogen (secondary N) is 1. The quantitative estimate of drug-likeness (QED) is 0.791. The number of hydrogen-bond donors (Lipinski definition) is 1. The van der Waals surface area contributed by atoms with E-state index < -0.39 is 18.1 Å². The van der Waals surface area contributed by atoms with E-state index in [2.05, 4.69) is 5.32 Å². The summed E-state index contributed by atoms with van der Waals surface area (Å²) in [6, 6.07) is 14.0. The molecule has 2 aromatic rings. The Morgan fingerprint density at radius 3 is 2.59 bits per heavy atom. The van der Waals surface area contributed by atoms with Crippen LogP contribution in [0.4, 0.5) is 5.69 Å². The molecule has 0 saturated heterocycles. The molecule has 0 bridgehead atoms. The first-order valence-corrected chi connectivity index (χ1v) is 9.84. The molecular formula is C23H26N2O4. The van der Waals surface area contributed by atoms with Crippen LogP contribution in [0.3, 0.4) is 0 Å². The Hall–Kier alpha value is -3.15. The number of carbonyl (C=O) groups excluding carboxylic acids is 3. The van der Waals surface area contributed by atoms with Crippen molar-refractivity contribution in [1.29, 1.82) is 0 Å². The molecule has 2 aromatic carbocycles. The predicted molar refractivity (Wildman–Crippen MR) is 111 cm³/mol. The van der Waals surface area contributed by atoms with Crippen LogP contribution >= 0.6 is 0 Å². The molecule has 0 spiro atoms. The number of fused-ring (bicyclic) bond motifs is 1. The van der Waals surface area contributed by atoms with Gasteiger partial charge in [-0.15, -0.1) is 0 Å². The molecule has 2 atom stereocenters. The van der Waals surface area contributed by atoms with E-state index in [-0.39, 0.29) is 11.8 Å². The number of para-hydroxylation sites is 1. The van der Waals surface area contributed by atoms with Crippen molar-refractivity contribution in [1.82, 2.24) is 5.32 Å². The van der Waals surface area contributed by atoms with Crippen molar-refractivity contribution >= 4 is 23.5 Å². The lowest BCUT2D eigenvalue weighted by Gasteiger charge is -2.31. The summed E-state index contributed by atoms with van der Waals surface area (Å²) < 4.78 is 5.36. The number of hydrogen-bond acceptors (Lipinski definition) is 4. The van der Waals surface area contributed by atoms with Crippen molar-refractivity contribution in [3.05, 3.63) is 65.2 Å². The maximum atomic E-state index is 12.9. The lowest BCUT2D eigenvalue weighted by Crippen LogP contribution is -2.46. The fourth-order valence-electron chi connectivity index (χ4n) is 3.43. The molecule has 6 heteroatoms. The van der Waals surface area contributed by atoms with E-state index in [1.54, 1.807) is 36.9 Å². The molecule has 0 aromatic heterocycles. The van der Waals surface area contributed by atoms with E-state index in [0.29, 0.717) is 12.1 Å². The number of ether oxygens (including phenoxy) is 1. The Morgan fingerprint density at radius 2 is 1.83 bits per heavy atom. The molecule has 3 rings (SSSR count). The molecule has 0 unspecified atom stereocenters. The Kier molecular flexibility index (Phi) is 6.32. The molecule has 0 aliphatic carbocycles. The highest BCUT2D eigenvalue weighted by molar-refractivity contribution is 5.99. The fraction of sp³-hybridized carbons (Fsp3) is 0.348. The van der Waals surface area contributed by atoms with Gasteiger partial charge in [-0.1, -0.05) is 35.9 Å². The van der Waals surface area contributed by atoms with Crippen LogP contribution in [0.5, 0.6) is 0 Å². The van der Waals surface area contributed by atoms with Gasteiger partial charge in [0.2, 0.25) is 0 Å². The van der Waals surface area contributed by atoms with Crippen molar-refractivity contribution in [3.8, 4) is 0 Å². The molecule has 0 radical (unpaired) electrons. The van der Waals surface area contributed by atoms with Crippen LogP contribution in [0.1, 0.15) is 41.8 Å². The standard InChI is InChI=1S/C23H26N2O4/c1-15-8-6-10-19(14-15)21(26)24-16(2)23(28)29-17(3)22(27)25-13-7-11-18-9-4-5-12-20(18)25/h4-6,8-10,12,14,16-17H,7,11,13H2,1-3H3,(H,24,26)/t16-,17-/m0/s1. The molecule has 152 valence electrons. The first-order chi connectivity index (χ1) is 13.9. The summed E-state index contributed by atoms with van der Waals surface area (Å²) in [4.78, 5) is 39.3. The van der Waals surface area contributed by atoms with Crippen LogP contribution in [0.25, 0.3) is 0 Å². The van der Waals surface area contributed by atoms with Crippen LogP contribution in [-0.4, -0.2) is 36.5 Å². The van der Waals surface area contributed by atoms with E-state index in [9.17, 15) is 14.4 Å². The van der Waals surface area contributed by atoms with Gasteiger partial charge in [0, 0.05) is 17.8 Å². The highest BCUT2D eigenvalue weighted by Crippen LogP contribution is 2.27. The average molecular weight is 394 g/mol. The lowest BCUT2D eigenvalue weighted by atomic mass is 10.0. The van der Waals surface area contributed by atoms with Gasteiger partial charge in [-0.05, 0) is 57.4 Å². The molecule has 1 aliphatic heterocycles.